The van der Waals surface area contributed by atoms with Gasteiger partial charge in [0.05, 0.1) is 5.75 Å². The van der Waals surface area contributed by atoms with Crippen LogP contribution in [0.25, 0.3) is 11.4 Å². The van der Waals surface area contributed by atoms with E-state index in [1.165, 1.54) is 11.8 Å². The van der Waals surface area contributed by atoms with E-state index in [1.807, 2.05) is 54.9 Å². The molecule has 0 radical (unpaired) electrons. The minimum atomic E-state index is -0.0975. The summed E-state index contributed by atoms with van der Waals surface area (Å²) in [5.74, 6) is 0.930. The van der Waals surface area contributed by atoms with Crippen molar-refractivity contribution in [2.24, 2.45) is 7.05 Å². The van der Waals surface area contributed by atoms with Crippen LogP contribution in [0.2, 0.25) is 5.02 Å². The summed E-state index contributed by atoms with van der Waals surface area (Å²) in [5.41, 5.74) is 2.68. The Hall–Kier alpha value is -2.31. The Morgan fingerprint density at radius 3 is 2.68 bits per heavy atom. The van der Waals surface area contributed by atoms with Crippen molar-refractivity contribution in [2.45, 2.75) is 12.1 Å². The molecule has 0 aliphatic heterocycles. The number of nitrogens with one attached hydrogen (secondary N) is 1. The van der Waals surface area contributed by atoms with Gasteiger partial charge in [0.1, 0.15) is 0 Å². The molecule has 25 heavy (non-hydrogen) atoms. The lowest BCUT2D eigenvalue weighted by Gasteiger charge is -2.08. The Morgan fingerprint density at radius 2 is 1.96 bits per heavy atom. The maximum Gasteiger partial charge on any atom is 0.234 e. The number of amides is 1. The van der Waals surface area contributed by atoms with Crippen LogP contribution >= 0.6 is 23.4 Å². The summed E-state index contributed by atoms with van der Waals surface area (Å²) >= 11 is 7.28. The number of hydrogen-bond acceptors (Lipinski definition) is 4. The molecular weight excluding hydrogens is 356 g/mol. The molecule has 128 valence electrons. The van der Waals surface area contributed by atoms with E-state index in [0.29, 0.717) is 10.2 Å². The molecule has 5 nitrogen and oxygen atoms in total. The third-order valence-corrected chi connectivity index (χ3v) is 4.92. The number of aromatic nitrogens is 3. The second-order valence-corrected chi connectivity index (χ2v) is 6.91. The Morgan fingerprint density at radius 1 is 1.20 bits per heavy atom. The lowest BCUT2D eigenvalue weighted by molar-refractivity contribution is -0.113. The van der Waals surface area contributed by atoms with Crippen LogP contribution in [0.1, 0.15) is 5.56 Å². The first-order valence-electron chi connectivity index (χ1n) is 7.68. The Bertz CT molecular complexity index is 895. The van der Waals surface area contributed by atoms with Crippen LogP contribution in [0.4, 0.5) is 5.69 Å². The molecule has 1 N–H and O–H groups in total. The number of aryl methyl sites for hydroxylation is 1. The fourth-order valence-electron chi connectivity index (χ4n) is 2.36. The maximum absolute atomic E-state index is 12.2. The molecule has 0 aliphatic rings. The molecule has 0 bridgehead atoms. The van der Waals surface area contributed by atoms with E-state index in [2.05, 4.69) is 15.5 Å². The number of nitrogens with zero attached hydrogens (tertiary/aromatic N) is 3. The van der Waals surface area contributed by atoms with Gasteiger partial charge in [-0.05, 0) is 30.7 Å². The summed E-state index contributed by atoms with van der Waals surface area (Å²) in [6.45, 7) is 1.91. The average Bonchev–Trinajstić information content (AvgIpc) is 2.97. The molecule has 0 unspecified atom stereocenters. The van der Waals surface area contributed by atoms with E-state index in [4.69, 9.17) is 11.6 Å². The van der Waals surface area contributed by atoms with E-state index in [-0.39, 0.29) is 11.7 Å². The molecule has 1 heterocycles. The number of anilines is 1. The lowest BCUT2D eigenvalue weighted by atomic mass is 10.2. The van der Waals surface area contributed by atoms with Gasteiger partial charge >= 0.3 is 0 Å². The summed E-state index contributed by atoms with van der Waals surface area (Å²) in [5, 5.41) is 12.6. The van der Waals surface area contributed by atoms with Crippen LogP contribution in [-0.2, 0) is 11.8 Å². The maximum atomic E-state index is 12.2. The van der Waals surface area contributed by atoms with Crippen LogP contribution in [0, 0.1) is 6.92 Å². The number of thioether (sulfide) groups is 1. The van der Waals surface area contributed by atoms with Crippen LogP contribution < -0.4 is 5.32 Å². The van der Waals surface area contributed by atoms with Crippen molar-refractivity contribution < 1.29 is 4.79 Å². The largest absolute Gasteiger partial charge is 0.325 e. The molecule has 0 spiro atoms. The molecule has 0 aliphatic carbocycles. The van der Waals surface area contributed by atoms with Gasteiger partial charge in [-0.1, -0.05) is 53.7 Å². The third kappa shape index (κ3) is 4.21. The Kier molecular flexibility index (Phi) is 5.40. The molecule has 0 atom stereocenters. The summed E-state index contributed by atoms with van der Waals surface area (Å²) in [4.78, 5) is 12.2. The van der Waals surface area contributed by atoms with Gasteiger partial charge < -0.3 is 9.88 Å². The number of hydrogen-bond donors (Lipinski definition) is 1. The zero-order valence-corrected chi connectivity index (χ0v) is 15.4. The molecule has 3 aromatic rings. The van der Waals surface area contributed by atoms with Crippen LogP contribution in [0.5, 0.6) is 0 Å². The first kappa shape index (κ1) is 17.5. The smallest absolute Gasteiger partial charge is 0.234 e. The Balaban J connectivity index is 1.64. The minimum absolute atomic E-state index is 0.0975. The fourth-order valence-corrected chi connectivity index (χ4v) is 3.30. The Labute approximate surface area is 155 Å². The van der Waals surface area contributed by atoms with Gasteiger partial charge in [0.15, 0.2) is 11.0 Å². The van der Waals surface area contributed by atoms with Crippen molar-refractivity contribution >= 4 is 35.0 Å². The second kappa shape index (κ2) is 7.72. The highest BCUT2D eigenvalue weighted by Crippen LogP contribution is 2.23. The van der Waals surface area contributed by atoms with Crippen molar-refractivity contribution in [3.8, 4) is 11.4 Å². The van der Waals surface area contributed by atoms with Gasteiger partial charge in [0.25, 0.3) is 0 Å². The number of benzene rings is 2. The third-order valence-electron chi connectivity index (χ3n) is 3.66. The molecule has 1 amide bonds. The van der Waals surface area contributed by atoms with Crippen molar-refractivity contribution in [2.75, 3.05) is 11.1 Å². The van der Waals surface area contributed by atoms with Crippen molar-refractivity contribution in [1.29, 1.82) is 0 Å². The minimum Gasteiger partial charge on any atom is -0.325 e. The van der Waals surface area contributed by atoms with E-state index in [1.54, 1.807) is 12.1 Å². The van der Waals surface area contributed by atoms with Gasteiger partial charge in [-0.25, -0.2) is 0 Å². The van der Waals surface area contributed by atoms with Crippen LogP contribution in [0.15, 0.2) is 53.7 Å². The molecule has 2 aromatic carbocycles. The number of halogens is 1. The molecular formula is C18H17ClN4OS. The predicted molar refractivity (Wildman–Crippen MR) is 102 cm³/mol. The van der Waals surface area contributed by atoms with E-state index >= 15 is 0 Å². The topological polar surface area (TPSA) is 59.8 Å². The van der Waals surface area contributed by atoms with Crippen molar-refractivity contribution in [3.05, 3.63) is 59.1 Å². The molecule has 0 saturated heterocycles. The van der Waals surface area contributed by atoms with Crippen LogP contribution in [-0.4, -0.2) is 26.4 Å². The average molecular weight is 373 g/mol. The van der Waals surface area contributed by atoms with Gasteiger partial charge in [-0.3, -0.25) is 4.79 Å². The van der Waals surface area contributed by atoms with Gasteiger partial charge in [-0.2, -0.15) is 0 Å². The van der Waals surface area contributed by atoms with Gasteiger partial charge in [0, 0.05) is 23.3 Å². The molecule has 0 saturated carbocycles. The molecule has 7 heteroatoms. The standard InChI is InChI=1S/C18H17ClN4OS/c1-12-10-14(19)8-9-15(12)20-16(24)11-25-18-22-21-17(23(18)2)13-6-4-3-5-7-13/h3-10H,11H2,1-2H3,(H,20,24). The second-order valence-electron chi connectivity index (χ2n) is 5.53. The van der Waals surface area contributed by atoms with Crippen molar-refractivity contribution in [3.63, 3.8) is 0 Å². The quantitative estimate of drug-likeness (QED) is 0.683. The number of carbonyl (C=O) groups is 1. The van der Waals surface area contributed by atoms with Gasteiger partial charge in [0.2, 0.25) is 5.91 Å². The first-order chi connectivity index (χ1) is 12.0. The number of carbonyl (C=O) groups excluding carboxylic acids is 1. The summed E-state index contributed by atoms with van der Waals surface area (Å²) < 4.78 is 1.89. The first-order valence-corrected chi connectivity index (χ1v) is 9.04. The summed E-state index contributed by atoms with van der Waals surface area (Å²) in [6.07, 6.45) is 0. The fraction of sp³-hybridized carbons (Fsp3) is 0.167. The lowest BCUT2D eigenvalue weighted by Crippen LogP contribution is -2.15. The van der Waals surface area contributed by atoms with E-state index in [0.717, 1.165) is 22.6 Å². The highest BCUT2D eigenvalue weighted by molar-refractivity contribution is 7.99. The van der Waals surface area contributed by atoms with Crippen LogP contribution in [0.3, 0.4) is 0 Å². The zero-order valence-electron chi connectivity index (χ0n) is 13.9. The number of rotatable bonds is 5. The highest BCUT2D eigenvalue weighted by Gasteiger charge is 2.13. The predicted octanol–water partition coefficient (Wildman–Crippen LogP) is 4.17. The molecule has 1 aromatic heterocycles. The molecule has 0 fully saturated rings. The summed E-state index contributed by atoms with van der Waals surface area (Å²) in [6, 6.07) is 15.2. The SMILES string of the molecule is Cc1cc(Cl)ccc1NC(=O)CSc1nnc(-c2ccccc2)n1C. The molecule has 3 rings (SSSR count). The van der Waals surface area contributed by atoms with E-state index < -0.39 is 0 Å². The van der Waals surface area contributed by atoms with E-state index in [9.17, 15) is 4.79 Å². The van der Waals surface area contributed by atoms with Crippen molar-refractivity contribution in [1.82, 2.24) is 14.8 Å². The van der Waals surface area contributed by atoms with Gasteiger partial charge in [-0.15, -0.1) is 10.2 Å². The normalized spacial score (nSPS) is 10.7. The highest BCUT2D eigenvalue weighted by atomic mass is 35.5. The monoisotopic (exact) mass is 372 g/mol. The summed E-state index contributed by atoms with van der Waals surface area (Å²) in [7, 11) is 1.89. The zero-order chi connectivity index (χ0) is 17.8.